The molecule has 0 aromatic heterocycles. The minimum absolute atomic E-state index is 0.343. The first kappa shape index (κ1) is 14.3. The van der Waals surface area contributed by atoms with Gasteiger partial charge in [0.15, 0.2) is 0 Å². The van der Waals surface area contributed by atoms with Crippen molar-refractivity contribution in [3.63, 3.8) is 0 Å². The number of ether oxygens (including phenoxy) is 2. The number of rotatable bonds is 5. The lowest BCUT2D eigenvalue weighted by Crippen LogP contribution is -2.01. The molecule has 0 spiro atoms. The molecular formula is C16H17FO3. The van der Waals surface area contributed by atoms with Gasteiger partial charge in [-0.05, 0) is 42.8 Å². The van der Waals surface area contributed by atoms with Gasteiger partial charge in [-0.25, -0.2) is 4.39 Å². The maximum atomic E-state index is 13.2. The monoisotopic (exact) mass is 276 g/mol. The number of aliphatic hydroxyl groups excluding tert-OH is 1. The van der Waals surface area contributed by atoms with Crippen molar-refractivity contribution in [2.75, 3.05) is 7.11 Å². The number of aliphatic hydroxyl groups is 1. The highest BCUT2D eigenvalue weighted by molar-refractivity contribution is 5.36. The number of hydrogen-bond donors (Lipinski definition) is 1. The van der Waals surface area contributed by atoms with Crippen LogP contribution in [0.3, 0.4) is 0 Å². The van der Waals surface area contributed by atoms with Crippen molar-refractivity contribution in [1.29, 1.82) is 0 Å². The van der Waals surface area contributed by atoms with Crippen molar-refractivity contribution in [1.82, 2.24) is 0 Å². The molecule has 2 rings (SSSR count). The van der Waals surface area contributed by atoms with E-state index in [9.17, 15) is 9.50 Å². The molecule has 0 radical (unpaired) electrons. The van der Waals surface area contributed by atoms with E-state index in [1.54, 1.807) is 14.0 Å². The lowest BCUT2D eigenvalue weighted by atomic mass is 10.1. The Labute approximate surface area is 117 Å². The van der Waals surface area contributed by atoms with Gasteiger partial charge < -0.3 is 14.6 Å². The average molecular weight is 276 g/mol. The lowest BCUT2D eigenvalue weighted by molar-refractivity contribution is 0.189. The molecule has 2 aromatic rings. The molecule has 2 aromatic carbocycles. The SMILES string of the molecule is COc1ccc(COc2ccc(F)cc2C(C)O)cc1. The summed E-state index contributed by atoms with van der Waals surface area (Å²) in [7, 11) is 1.61. The molecule has 106 valence electrons. The van der Waals surface area contributed by atoms with Crippen LogP contribution in [-0.2, 0) is 6.61 Å². The van der Waals surface area contributed by atoms with Crippen molar-refractivity contribution in [2.24, 2.45) is 0 Å². The first-order valence-corrected chi connectivity index (χ1v) is 6.33. The first-order valence-electron chi connectivity index (χ1n) is 6.33. The Hall–Kier alpha value is -2.07. The summed E-state index contributed by atoms with van der Waals surface area (Å²) in [5.74, 6) is 0.870. The van der Waals surface area contributed by atoms with E-state index in [0.717, 1.165) is 11.3 Å². The number of benzene rings is 2. The maximum Gasteiger partial charge on any atom is 0.125 e. The van der Waals surface area contributed by atoms with E-state index in [0.29, 0.717) is 17.9 Å². The molecule has 20 heavy (non-hydrogen) atoms. The van der Waals surface area contributed by atoms with Gasteiger partial charge in [0, 0.05) is 5.56 Å². The first-order chi connectivity index (χ1) is 9.60. The van der Waals surface area contributed by atoms with Gasteiger partial charge in [0.25, 0.3) is 0 Å². The summed E-state index contributed by atoms with van der Waals surface area (Å²) < 4.78 is 23.9. The van der Waals surface area contributed by atoms with Crippen LogP contribution in [0.4, 0.5) is 4.39 Å². The lowest BCUT2D eigenvalue weighted by Gasteiger charge is -2.13. The minimum atomic E-state index is -0.781. The van der Waals surface area contributed by atoms with Crippen LogP contribution in [0.1, 0.15) is 24.2 Å². The number of methoxy groups -OCH3 is 1. The second-order valence-electron chi connectivity index (χ2n) is 4.49. The molecule has 0 fully saturated rings. The van der Waals surface area contributed by atoms with Gasteiger partial charge in [0.2, 0.25) is 0 Å². The zero-order valence-electron chi connectivity index (χ0n) is 11.5. The Morgan fingerprint density at radius 2 is 1.85 bits per heavy atom. The molecule has 0 aliphatic carbocycles. The molecule has 1 atom stereocenters. The normalized spacial score (nSPS) is 12.0. The molecule has 4 heteroatoms. The van der Waals surface area contributed by atoms with Gasteiger partial charge in [-0.15, -0.1) is 0 Å². The van der Waals surface area contributed by atoms with Crippen LogP contribution in [0.25, 0.3) is 0 Å². The van der Waals surface area contributed by atoms with Crippen LogP contribution in [-0.4, -0.2) is 12.2 Å². The summed E-state index contributed by atoms with van der Waals surface area (Å²) in [6, 6.07) is 11.6. The Kier molecular flexibility index (Phi) is 4.58. The summed E-state index contributed by atoms with van der Waals surface area (Å²) in [6.07, 6.45) is -0.781. The van der Waals surface area contributed by atoms with Crippen LogP contribution in [0, 0.1) is 5.82 Å². The fourth-order valence-corrected chi connectivity index (χ4v) is 1.86. The molecule has 0 saturated carbocycles. The second-order valence-corrected chi connectivity index (χ2v) is 4.49. The van der Waals surface area contributed by atoms with Gasteiger partial charge in [-0.3, -0.25) is 0 Å². The Bertz CT molecular complexity index is 564. The third-order valence-corrected chi connectivity index (χ3v) is 2.98. The molecule has 0 aliphatic rings. The minimum Gasteiger partial charge on any atom is -0.497 e. The average Bonchev–Trinajstić information content (AvgIpc) is 2.46. The van der Waals surface area contributed by atoms with E-state index in [2.05, 4.69) is 0 Å². The molecule has 0 saturated heterocycles. The predicted octanol–water partition coefficient (Wildman–Crippen LogP) is 3.47. The summed E-state index contributed by atoms with van der Waals surface area (Å²) in [5.41, 5.74) is 1.41. The van der Waals surface area contributed by atoms with Crippen LogP contribution >= 0.6 is 0 Å². The fraction of sp³-hybridized carbons (Fsp3) is 0.250. The zero-order valence-corrected chi connectivity index (χ0v) is 11.5. The van der Waals surface area contributed by atoms with Crippen molar-refractivity contribution < 1.29 is 19.0 Å². The number of halogens is 1. The third kappa shape index (κ3) is 3.48. The van der Waals surface area contributed by atoms with E-state index < -0.39 is 11.9 Å². The van der Waals surface area contributed by atoms with Crippen LogP contribution in [0.2, 0.25) is 0 Å². The summed E-state index contributed by atoms with van der Waals surface area (Å²) in [6.45, 7) is 1.92. The quantitative estimate of drug-likeness (QED) is 0.908. The van der Waals surface area contributed by atoms with Gasteiger partial charge in [-0.1, -0.05) is 12.1 Å². The summed E-state index contributed by atoms with van der Waals surface area (Å²) >= 11 is 0. The van der Waals surface area contributed by atoms with Gasteiger partial charge >= 0.3 is 0 Å². The molecular weight excluding hydrogens is 259 g/mol. The van der Waals surface area contributed by atoms with Crippen LogP contribution in [0.5, 0.6) is 11.5 Å². The van der Waals surface area contributed by atoms with E-state index in [1.807, 2.05) is 24.3 Å². The topological polar surface area (TPSA) is 38.7 Å². The van der Waals surface area contributed by atoms with Crippen LogP contribution < -0.4 is 9.47 Å². The van der Waals surface area contributed by atoms with Crippen molar-refractivity contribution in [3.8, 4) is 11.5 Å². The fourth-order valence-electron chi connectivity index (χ4n) is 1.86. The highest BCUT2D eigenvalue weighted by Gasteiger charge is 2.10. The molecule has 0 amide bonds. The molecule has 1 N–H and O–H groups in total. The van der Waals surface area contributed by atoms with E-state index in [1.165, 1.54) is 18.2 Å². The molecule has 0 aliphatic heterocycles. The van der Waals surface area contributed by atoms with Gasteiger partial charge in [0.1, 0.15) is 23.9 Å². The molecule has 0 bridgehead atoms. The van der Waals surface area contributed by atoms with Crippen molar-refractivity contribution in [3.05, 3.63) is 59.4 Å². The largest absolute Gasteiger partial charge is 0.497 e. The van der Waals surface area contributed by atoms with Gasteiger partial charge in [0.05, 0.1) is 13.2 Å². The van der Waals surface area contributed by atoms with Gasteiger partial charge in [-0.2, -0.15) is 0 Å². The van der Waals surface area contributed by atoms with Crippen LogP contribution in [0.15, 0.2) is 42.5 Å². The molecule has 1 unspecified atom stereocenters. The van der Waals surface area contributed by atoms with E-state index in [4.69, 9.17) is 9.47 Å². The number of hydrogen-bond acceptors (Lipinski definition) is 3. The Morgan fingerprint density at radius 1 is 1.15 bits per heavy atom. The predicted molar refractivity (Wildman–Crippen MR) is 74.4 cm³/mol. The highest BCUT2D eigenvalue weighted by atomic mass is 19.1. The molecule has 3 nitrogen and oxygen atoms in total. The molecule has 0 heterocycles. The Morgan fingerprint density at radius 3 is 2.45 bits per heavy atom. The zero-order chi connectivity index (χ0) is 14.5. The standard InChI is InChI=1S/C16H17FO3/c1-11(18)15-9-13(17)5-8-16(15)20-10-12-3-6-14(19-2)7-4-12/h3-9,11,18H,10H2,1-2H3. The Balaban J connectivity index is 2.10. The van der Waals surface area contributed by atoms with Crippen molar-refractivity contribution in [2.45, 2.75) is 19.6 Å². The van der Waals surface area contributed by atoms with E-state index in [-0.39, 0.29) is 0 Å². The maximum absolute atomic E-state index is 13.2. The highest BCUT2D eigenvalue weighted by Crippen LogP contribution is 2.26. The third-order valence-electron chi connectivity index (χ3n) is 2.98. The summed E-state index contributed by atoms with van der Waals surface area (Å²) in [5, 5.41) is 9.63. The van der Waals surface area contributed by atoms with Crippen molar-refractivity contribution >= 4 is 0 Å². The van der Waals surface area contributed by atoms with E-state index >= 15 is 0 Å². The summed E-state index contributed by atoms with van der Waals surface area (Å²) in [4.78, 5) is 0. The smallest absolute Gasteiger partial charge is 0.125 e. The second kappa shape index (κ2) is 6.39.